The summed E-state index contributed by atoms with van der Waals surface area (Å²) in [4.78, 5) is 36.0. The van der Waals surface area contributed by atoms with Gasteiger partial charge < -0.3 is 10.0 Å². The number of imidazole rings is 1. The SMILES string of the molecule is CC#CCn1c(N2CCCCC2)nc2nc(SC(C)(C)C(=O)O)n(C)c(=O)c21. The lowest BCUT2D eigenvalue weighted by Gasteiger charge is -2.27. The number of aromatic nitrogens is 4. The van der Waals surface area contributed by atoms with Crippen LogP contribution in [0.15, 0.2) is 9.95 Å². The summed E-state index contributed by atoms with van der Waals surface area (Å²) in [5.41, 5.74) is 0.496. The third-order valence-corrected chi connectivity index (χ3v) is 6.07. The third-order valence-electron chi connectivity index (χ3n) is 4.84. The number of fused-ring (bicyclic) bond motifs is 1. The molecule has 0 spiro atoms. The van der Waals surface area contributed by atoms with Gasteiger partial charge in [0.25, 0.3) is 5.56 Å². The molecule has 2 aromatic rings. The number of carbonyl (C=O) groups is 1. The Morgan fingerprint density at radius 2 is 1.93 bits per heavy atom. The molecule has 0 radical (unpaired) electrons. The fraction of sp³-hybridized carbons (Fsp3) is 0.579. The molecule has 2 aromatic heterocycles. The quantitative estimate of drug-likeness (QED) is 0.464. The minimum atomic E-state index is -1.11. The summed E-state index contributed by atoms with van der Waals surface area (Å²) < 4.78 is 2.12. The zero-order valence-electron chi connectivity index (χ0n) is 16.7. The Labute approximate surface area is 168 Å². The topological polar surface area (TPSA) is 93.2 Å². The summed E-state index contributed by atoms with van der Waals surface area (Å²) >= 11 is 1.04. The Hall–Kier alpha value is -2.47. The second kappa shape index (κ2) is 7.87. The van der Waals surface area contributed by atoms with Gasteiger partial charge >= 0.3 is 5.97 Å². The molecule has 3 rings (SSSR count). The number of hydrogen-bond acceptors (Lipinski definition) is 6. The number of nitrogens with zero attached hydrogens (tertiary/aromatic N) is 5. The Balaban J connectivity index is 2.17. The summed E-state index contributed by atoms with van der Waals surface area (Å²) in [5, 5.41) is 9.75. The molecule has 0 saturated carbocycles. The summed E-state index contributed by atoms with van der Waals surface area (Å²) in [6.07, 6.45) is 3.36. The average Bonchev–Trinajstić information content (AvgIpc) is 3.03. The normalized spacial score (nSPS) is 14.8. The van der Waals surface area contributed by atoms with Gasteiger partial charge in [0, 0.05) is 20.1 Å². The standard InChI is InChI=1S/C19H25N5O3S/c1-5-6-12-24-13-14(20-17(24)23-10-8-7-9-11-23)21-18(22(4)15(13)25)28-19(2,3)16(26)27/h7-12H2,1-4H3,(H,26,27). The predicted molar refractivity (Wildman–Crippen MR) is 110 cm³/mol. The highest BCUT2D eigenvalue weighted by Gasteiger charge is 2.31. The Morgan fingerprint density at radius 3 is 2.54 bits per heavy atom. The molecule has 1 aliphatic heterocycles. The number of carboxylic acids is 1. The van der Waals surface area contributed by atoms with Gasteiger partial charge in [-0.3, -0.25) is 18.7 Å². The monoisotopic (exact) mass is 403 g/mol. The predicted octanol–water partition coefficient (Wildman–Crippen LogP) is 2.10. The van der Waals surface area contributed by atoms with E-state index in [9.17, 15) is 14.7 Å². The van der Waals surface area contributed by atoms with Crippen molar-refractivity contribution in [2.24, 2.45) is 7.05 Å². The molecule has 1 fully saturated rings. The van der Waals surface area contributed by atoms with Crippen molar-refractivity contribution >= 4 is 34.8 Å². The van der Waals surface area contributed by atoms with E-state index in [0.717, 1.165) is 37.7 Å². The van der Waals surface area contributed by atoms with E-state index < -0.39 is 10.7 Å². The summed E-state index contributed by atoms with van der Waals surface area (Å²) in [7, 11) is 1.61. The number of rotatable bonds is 5. The van der Waals surface area contributed by atoms with Crippen molar-refractivity contribution in [3.8, 4) is 11.8 Å². The van der Waals surface area contributed by atoms with Crippen LogP contribution in [0.25, 0.3) is 11.2 Å². The van der Waals surface area contributed by atoms with Crippen molar-refractivity contribution in [2.45, 2.75) is 56.5 Å². The summed E-state index contributed by atoms with van der Waals surface area (Å²) in [5.74, 6) is 5.64. The highest BCUT2D eigenvalue weighted by atomic mass is 32.2. The van der Waals surface area contributed by atoms with Crippen molar-refractivity contribution in [1.29, 1.82) is 0 Å². The van der Waals surface area contributed by atoms with Gasteiger partial charge in [0.2, 0.25) is 5.95 Å². The van der Waals surface area contributed by atoms with Crippen molar-refractivity contribution < 1.29 is 9.90 Å². The van der Waals surface area contributed by atoms with Crippen LogP contribution in [0.1, 0.15) is 40.0 Å². The lowest BCUT2D eigenvalue weighted by molar-refractivity contribution is -0.138. The molecule has 1 saturated heterocycles. The Kier molecular flexibility index (Phi) is 5.70. The van der Waals surface area contributed by atoms with E-state index in [1.54, 1.807) is 27.8 Å². The molecule has 9 heteroatoms. The van der Waals surface area contributed by atoms with Gasteiger partial charge in [-0.2, -0.15) is 4.98 Å². The third kappa shape index (κ3) is 3.74. The lowest BCUT2D eigenvalue weighted by atomic mass is 10.1. The van der Waals surface area contributed by atoms with Crippen LogP contribution in [-0.2, 0) is 18.4 Å². The van der Waals surface area contributed by atoms with Crippen LogP contribution in [0.4, 0.5) is 5.95 Å². The second-order valence-electron chi connectivity index (χ2n) is 7.32. The van der Waals surface area contributed by atoms with E-state index in [-0.39, 0.29) is 5.56 Å². The molecule has 28 heavy (non-hydrogen) atoms. The number of carboxylic acid groups (broad SMARTS) is 1. The fourth-order valence-electron chi connectivity index (χ4n) is 3.14. The lowest BCUT2D eigenvalue weighted by Crippen LogP contribution is -2.32. The van der Waals surface area contributed by atoms with E-state index in [2.05, 4.69) is 26.7 Å². The first-order chi connectivity index (χ1) is 13.3. The Morgan fingerprint density at radius 1 is 1.25 bits per heavy atom. The molecular weight excluding hydrogens is 378 g/mol. The first-order valence-electron chi connectivity index (χ1n) is 9.30. The van der Waals surface area contributed by atoms with Crippen molar-refractivity contribution in [1.82, 2.24) is 19.1 Å². The van der Waals surface area contributed by atoms with Crippen LogP contribution in [-0.4, -0.2) is 48.0 Å². The first-order valence-corrected chi connectivity index (χ1v) is 10.1. The van der Waals surface area contributed by atoms with E-state index in [0.29, 0.717) is 28.8 Å². The van der Waals surface area contributed by atoms with Gasteiger partial charge in [-0.25, -0.2) is 4.98 Å². The van der Waals surface area contributed by atoms with Crippen LogP contribution >= 0.6 is 11.8 Å². The first kappa shape index (κ1) is 20.3. The fourth-order valence-corrected chi connectivity index (χ4v) is 4.03. The van der Waals surface area contributed by atoms with Gasteiger partial charge in [0.1, 0.15) is 4.75 Å². The van der Waals surface area contributed by atoms with E-state index >= 15 is 0 Å². The van der Waals surface area contributed by atoms with E-state index in [1.807, 2.05) is 4.57 Å². The maximum Gasteiger partial charge on any atom is 0.319 e. The van der Waals surface area contributed by atoms with Crippen LogP contribution in [0.3, 0.4) is 0 Å². The molecule has 1 aliphatic rings. The van der Waals surface area contributed by atoms with Crippen molar-refractivity contribution in [2.75, 3.05) is 18.0 Å². The molecule has 3 heterocycles. The molecule has 150 valence electrons. The van der Waals surface area contributed by atoms with Crippen LogP contribution in [0.2, 0.25) is 0 Å². The van der Waals surface area contributed by atoms with Gasteiger partial charge in [0.05, 0.1) is 6.54 Å². The number of aliphatic carboxylic acids is 1. The average molecular weight is 404 g/mol. The van der Waals surface area contributed by atoms with Crippen molar-refractivity contribution in [3.63, 3.8) is 0 Å². The van der Waals surface area contributed by atoms with Crippen LogP contribution in [0, 0.1) is 11.8 Å². The Bertz CT molecular complexity index is 1020. The molecule has 0 aliphatic carbocycles. The highest BCUT2D eigenvalue weighted by Crippen LogP contribution is 2.32. The minimum Gasteiger partial charge on any atom is -0.480 e. The smallest absolute Gasteiger partial charge is 0.319 e. The number of hydrogen-bond donors (Lipinski definition) is 1. The van der Waals surface area contributed by atoms with Crippen LogP contribution < -0.4 is 10.5 Å². The highest BCUT2D eigenvalue weighted by molar-refractivity contribution is 8.01. The molecule has 0 aromatic carbocycles. The molecular formula is C19H25N5O3S. The van der Waals surface area contributed by atoms with Gasteiger partial charge in [0.15, 0.2) is 16.3 Å². The minimum absolute atomic E-state index is 0.248. The zero-order valence-corrected chi connectivity index (χ0v) is 17.5. The molecule has 8 nitrogen and oxygen atoms in total. The molecule has 0 unspecified atom stereocenters. The molecule has 1 N–H and O–H groups in total. The van der Waals surface area contributed by atoms with Gasteiger partial charge in [-0.05, 0) is 40.0 Å². The molecule has 0 atom stereocenters. The maximum atomic E-state index is 13.1. The number of anilines is 1. The summed E-state index contributed by atoms with van der Waals surface area (Å²) in [6.45, 7) is 7.07. The van der Waals surface area contributed by atoms with E-state index in [1.165, 1.54) is 11.0 Å². The second-order valence-corrected chi connectivity index (χ2v) is 8.91. The zero-order chi connectivity index (χ0) is 20.5. The number of piperidine rings is 1. The van der Waals surface area contributed by atoms with E-state index in [4.69, 9.17) is 0 Å². The largest absolute Gasteiger partial charge is 0.480 e. The molecule has 0 bridgehead atoms. The van der Waals surface area contributed by atoms with Gasteiger partial charge in [-0.1, -0.05) is 17.7 Å². The number of thioether (sulfide) groups is 1. The van der Waals surface area contributed by atoms with Gasteiger partial charge in [-0.15, -0.1) is 5.92 Å². The van der Waals surface area contributed by atoms with Crippen LogP contribution in [0.5, 0.6) is 0 Å². The maximum absolute atomic E-state index is 13.1. The van der Waals surface area contributed by atoms with Crippen molar-refractivity contribution in [3.05, 3.63) is 10.4 Å². The summed E-state index contributed by atoms with van der Waals surface area (Å²) in [6, 6.07) is 0. The molecule has 0 amide bonds.